The van der Waals surface area contributed by atoms with Crippen molar-refractivity contribution < 1.29 is 4.79 Å². The van der Waals surface area contributed by atoms with Crippen LogP contribution < -0.4 is 5.32 Å². The van der Waals surface area contributed by atoms with E-state index in [1.807, 2.05) is 30.3 Å². The summed E-state index contributed by atoms with van der Waals surface area (Å²) < 4.78 is 1.62. The highest BCUT2D eigenvalue weighted by atomic mass is 35.5. The first-order valence-corrected chi connectivity index (χ1v) is 10.0. The van der Waals surface area contributed by atoms with Gasteiger partial charge in [-0.1, -0.05) is 48.2 Å². The van der Waals surface area contributed by atoms with Crippen molar-refractivity contribution in [3.05, 3.63) is 59.5 Å². The Balaban J connectivity index is 1.67. The Morgan fingerprint density at radius 3 is 2.61 bits per heavy atom. The SMILES string of the molecule is O=C(NCC1CCCCC1)c1nnn(-c2ccccc2Cl)c1-c1ccncc1. The van der Waals surface area contributed by atoms with Gasteiger partial charge in [-0.25, -0.2) is 4.68 Å². The van der Waals surface area contributed by atoms with E-state index in [1.165, 1.54) is 32.1 Å². The van der Waals surface area contributed by atoms with Gasteiger partial charge in [0.15, 0.2) is 5.69 Å². The molecule has 1 amide bonds. The zero-order valence-corrected chi connectivity index (χ0v) is 16.3. The van der Waals surface area contributed by atoms with Crippen molar-refractivity contribution in [3.8, 4) is 16.9 Å². The van der Waals surface area contributed by atoms with Crippen molar-refractivity contribution >= 4 is 17.5 Å². The Hall–Kier alpha value is -2.73. The minimum absolute atomic E-state index is 0.212. The van der Waals surface area contributed by atoms with Crippen LogP contribution in [0.2, 0.25) is 5.02 Å². The number of carbonyl (C=O) groups is 1. The van der Waals surface area contributed by atoms with Crippen LogP contribution >= 0.6 is 11.6 Å². The van der Waals surface area contributed by atoms with E-state index < -0.39 is 0 Å². The highest BCUT2D eigenvalue weighted by Crippen LogP contribution is 2.28. The number of pyridine rings is 1. The Labute approximate surface area is 168 Å². The molecule has 0 bridgehead atoms. The van der Waals surface area contributed by atoms with Gasteiger partial charge >= 0.3 is 0 Å². The first-order chi connectivity index (χ1) is 13.7. The van der Waals surface area contributed by atoms with E-state index in [0.29, 0.717) is 34.6 Å². The standard InChI is InChI=1S/C21H22ClN5O/c22-17-8-4-5-9-18(17)27-20(16-10-12-23-13-11-16)19(25-26-27)21(28)24-14-15-6-2-1-3-7-15/h4-5,8-13,15H,1-3,6-7,14H2,(H,24,28). The molecule has 2 heterocycles. The number of nitrogens with zero attached hydrogens (tertiary/aromatic N) is 4. The molecule has 1 aliphatic rings. The van der Waals surface area contributed by atoms with Crippen LogP contribution in [0.25, 0.3) is 16.9 Å². The normalized spacial score (nSPS) is 14.8. The van der Waals surface area contributed by atoms with Crippen molar-refractivity contribution in [3.63, 3.8) is 0 Å². The number of rotatable bonds is 5. The number of benzene rings is 1. The van der Waals surface area contributed by atoms with Gasteiger partial charge in [0, 0.05) is 24.5 Å². The zero-order chi connectivity index (χ0) is 19.3. The van der Waals surface area contributed by atoms with Gasteiger partial charge in [-0.3, -0.25) is 9.78 Å². The van der Waals surface area contributed by atoms with E-state index >= 15 is 0 Å². The number of hydrogen-bond acceptors (Lipinski definition) is 4. The highest BCUT2D eigenvalue weighted by Gasteiger charge is 2.24. The fourth-order valence-electron chi connectivity index (χ4n) is 3.71. The number of para-hydroxylation sites is 1. The first-order valence-electron chi connectivity index (χ1n) is 9.63. The molecule has 3 aromatic rings. The molecule has 144 valence electrons. The second-order valence-corrected chi connectivity index (χ2v) is 7.51. The molecule has 0 aliphatic heterocycles. The van der Waals surface area contributed by atoms with Crippen LogP contribution in [0, 0.1) is 5.92 Å². The zero-order valence-electron chi connectivity index (χ0n) is 15.5. The Bertz CT molecular complexity index is 950. The number of aromatic nitrogens is 4. The molecular formula is C21H22ClN5O. The third-order valence-corrected chi connectivity index (χ3v) is 5.52. The molecule has 1 aromatic carbocycles. The molecule has 28 heavy (non-hydrogen) atoms. The van der Waals surface area contributed by atoms with Crippen LogP contribution in [-0.2, 0) is 0 Å². The topological polar surface area (TPSA) is 72.7 Å². The van der Waals surface area contributed by atoms with Crippen molar-refractivity contribution in [1.82, 2.24) is 25.3 Å². The van der Waals surface area contributed by atoms with E-state index in [1.54, 1.807) is 23.1 Å². The van der Waals surface area contributed by atoms with E-state index in [9.17, 15) is 4.79 Å². The molecule has 0 radical (unpaired) electrons. The van der Waals surface area contributed by atoms with Gasteiger partial charge < -0.3 is 5.32 Å². The predicted molar refractivity (Wildman–Crippen MR) is 109 cm³/mol. The summed E-state index contributed by atoms with van der Waals surface area (Å²) in [6, 6.07) is 11.0. The fourth-order valence-corrected chi connectivity index (χ4v) is 3.92. The third-order valence-electron chi connectivity index (χ3n) is 5.20. The average molecular weight is 396 g/mol. The van der Waals surface area contributed by atoms with Crippen LogP contribution in [0.3, 0.4) is 0 Å². The number of nitrogens with one attached hydrogen (secondary N) is 1. The average Bonchev–Trinajstić information content (AvgIpc) is 3.19. The molecule has 7 heteroatoms. The molecule has 6 nitrogen and oxygen atoms in total. The smallest absolute Gasteiger partial charge is 0.274 e. The highest BCUT2D eigenvalue weighted by molar-refractivity contribution is 6.32. The molecule has 1 N–H and O–H groups in total. The summed E-state index contributed by atoms with van der Waals surface area (Å²) in [6.45, 7) is 0.674. The van der Waals surface area contributed by atoms with E-state index in [4.69, 9.17) is 11.6 Å². The largest absolute Gasteiger partial charge is 0.350 e. The molecule has 4 rings (SSSR count). The first kappa shape index (κ1) is 18.6. The molecule has 2 aromatic heterocycles. The third kappa shape index (κ3) is 3.92. The van der Waals surface area contributed by atoms with Crippen molar-refractivity contribution in [2.45, 2.75) is 32.1 Å². The molecule has 1 fully saturated rings. The molecule has 0 atom stereocenters. The summed E-state index contributed by atoms with van der Waals surface area (Å²) >= 11 is 6.37. The van der Waals surface area contributed by atoms with E-state index in [2.05, 4.69) is 20.6 Å². The minimum Gasteiger partial charge on any atom is -0.350 e. The van der Waals surface area contributed by atoms with Gasteiger partial charge in [0.05, 0.1) is 10.7 Å². The molecule has 0 unspecified atom stereocenters. The summed E-state index contributed by atoms with van der Waals surface area (Å²) in [5.41, 5.74) is 2.39. The monoisotopic (exact) mass is 395 g/mol. The van der Waals surface area contributed by atoms with Gasteiger partial charge in [0.2, 0.25) is 0 Å². The predicted octanol–water partition coefficient (Wildman–Crippen LogP) is 4.29. The Kier molecular flexibility index (Phi) is 5.67. The lowest BCUT2D eigenvalue weighted by Crippen LogP contribution is -2.30. The lowest BCUT2D eigenvalue weighted by Gasteiger charge is -2.21. The second kappa shape index (κ2) is 8.52. The van der Waals surface area contributed by atoms with Crippen LogP contribution in [0.5, 0.6) is 0 Å². The van der Waals surface area contributed by atoms with Crippen molar-refractivity contribution in [2.24, 2.45) is 5.92 Å². The number of carbonyl (C=O) groups excluding carboxylic acids is 1. The summed E-state index contributed by atoms with van der Waals surface area (Å²) in [7, 11) is 0. The van der Waals surface area contributed by atoms with E-state index in [0.717, 1.165) is 5.56 Å². The van der Waals surface area contributed by atoms with Crippen LogP contribution in [0.15, 0.2) is 48.8 Å². The quantitative estimate of drug-likeness (QED) is 0.699. The summed E-state index contributed by atoms with van der Waals surface area (Å²) in [5, 5.41) is 12.0. The van der Waals surface area contributed by atoms with Gasteiger partial charge in [-0.05, 0) is 43.0 Å². The maximum absolute atomic E-state index is 12.9. The molecule has 1 saturated carbocycles. The van der Waals surface area contributed by atoms with Crippen LogP contribution in [0.1, 0.15) is 42.6 Å². The fraction of sp³-hybridized carbons (Fsp3) is 0.333. The summed E-state index contributed by atoms with van der Waals surface area (Å²) in [5.74, 6) is 0.330. The van der Waals surface area contributed by atoms with Gasteiger partial charge in [-0.2, -0.15) is 0 Å². The number of halogens is 1. The molecule has 0 saturated heterocycles. The number of hydrogen-bond donors (Lipinski definition) is 1. The van der Waals surface area contributed by atoms with Gasteiger partial charge in [-0.15, -0.1) is 5.10 Å². The second-order valence-electron chi connectivity index (χ2n) is 7.10. The number of amides is 1. The Morgan fingerprint density at radius 1 is 1.11 bits per heavy atom. The Morgan fingerprint density at radius 2 is 1.86 bits per heavy atom. The summed E-state index contributed by atoms with van der Waals surface area (Å²) in [6.07, 6.45) is 9.49. The van der Waals surface area contributed by atoms with Crippen LogP contribution in [0.4, 0.5) is 0 Å². The maximum Gasteiger partial charge on any atom is 0.274 e. The maximum atomic E-state index is 12.9. The van der Waals surface area contributed by atoms with Crippen molar-refractivity contribution in [1.29, 1.82) is 0 Å². The molecule has 1 aliphatic carbocycles. The lowest BCUT2D eigenvalue weighted by molar-refractivity contribution is 0.0939. The van der Waals surface area contributed by atoms with E-state index in [-0.39, 0.29) is 5.91 Å². The lowest BCUT2D eigenvalue weighted by atomic mass is 9.89. The van der Waals surface area contributed by atoms with Gasteiger partial charge in [0.1, 0.15) is 5.69 Å². The van der Waals surface area contributed by atoms with Crippen LogP contribution in [-0.4, -0.2) is 32.4 Å². The minimum atomic E-state index is -0.212. The van der Waals surface area contributed by atoms with Gasteiger partial charge in [0.25, 0.3) is 5.91 Å². The molecule has 0 spiro atoms. The molecular weight excluding hydrogens is 374 g/mol. The van der Waals surface area contributed by atoms with Crippen molar-refractivity contribution in [2.75, 3.05) is 6.54 Å². The summed E-state index contributed by atoms with van der Waals surface area (Å²) in [4.78, 5) is 17.0.